The van der Waals surface area contributed by atoms with E-state index in [-0.39, 0.29) is 11.9 Å². The zero-order chi connectivity index (χ0) is 21.3. The summed E-state index contributed by atoms with van der Waals surface area (Å²) in [6.07, 6.45) is 0.754. The third-order valence-electron chi connectivity index (χ3n) is 5.74. The van der Waals surface area contributed by atoms with Gasteiger partial charge < -0.3 is 14.8 Å². The number of benzene rings is 2. The van der Waals surface area contributed by atoms with Gasteiger partial charge in [0.05, 0.1) is 20.3 Å². The summed E-state index contributed by atoms with van der Waals surface area (Å²) in [5, 5.41) is 3.08. The average Bonchev–Trinajstić information content (AvgIpc) is 2.79. The number of nitrogens with zero attached hydrogens (tertiary/aromatic N) is 2. The molecule has 162 valence electrons. The molecule has 1 atom stereocenters. The first kappa shape index (κ1) is 22.1. The highest BCUT2D eigenvalue weighted by Crippen LogP contribution is 2.27. The van der Waals surface area contributed by atoms with E-state index in [1.807, 2.05) is 31.2 Å². The van der Waals surface area contributed by atoms with E-state index in [1.54, 1.807) is 14.2 Å². The van der Waals surface area contributed by atoms with Gasteiger partial charge in [-0.2, -0.15) is 0 Å². The van der Waals surface area contributed by atoms with Crippen molar-refractivity contribution in [3.8, 4) is 11.5 Å². The lowest BCUT2D eigenvalue weighted by Gasteiger charge is -2.37. The van der Waals surface area contributed by atoms with Crippen LogP contribution in [0.25, 0.3) is 0 Å². The summed E-state index contributed by atoms with van der Waals surface area (Å²) in [5.41, 5.74) is 2.45. The molecule has 1 aliphatic heterocycles. The molecule has 0 aromatic heterocycles. The van der Waals surface area contributed by atoms with Gasteiger partial charge in [-0.05, 0) is 36.6 Å². The summed E-state index contributed by atoms with van der Waals surface area (Å²) in [5.74, 6) is 1.51. The van der Waals surface area contributed by atoms with Gasteiger partial charge in [0.15, 0.2) is 11.5 Å². The molecule has 1 fully saturated rings. The molecular formula is C24H33N3O3. The van der Waals surface area contributed by atoms with E-state index in [0.717, 1.165) is 44.7 Å². The van der Waals surface area contributed by atoms with Crippen LogP contribution in [0.4, 0.5) is 0 Å². The third kappa shape index (κ3) is 5.97. The van der Waals surface area contributed by atoms with Crippen LogP contribution in [-0.4, -0.2) is 68.7 Å². The number of hydrogen-bond acceptors (Lipinski definition) is 5. The second-order valence-corrected chi connectivity index (χ2v) is 7.70. The van der Waals surface area contributed by atoms with Crippen molar-refractivity contribution in [1.29, 1.82) is 0 Å². The molecule has 2 aromatic carbocycles. The lowest BCUT2D eigenvalue weighted by molar-refractivity contribution is -0.126. The number of piperazine rings is 1. The largest absolute Gasteiger partial charge is 0.493 e. The Morgan fingerprint density at radius 2 is 1.67 bits per heavy atom. The molecule has 0 saturated carbocycles. The fourth-order valence-electron chi connectivity index (χ4n) is 3.83. The molecule has 2 aromatic rings. The predicted molar refractivity (Wildman–Crippen MR) is 119 cm³/mol. The molecule has 0 radical (unpaired) electrons. The zero-order valence-electron chi connectivity index (χ0n) is 18.3. The Hall–Kier alpha value is -2.57. The van der Waals surface area contributed by atoms with E-state index < -0.39 is 0 Å². The maximum atomic E-state index is 12.6. The summed E-state index contributed by atoms with van der Waals surface area (Å²) in [4.78, 5) is 17.3. The van der Waals surface area contributed by atoms with Crippen LogP contribution in [0.3, 0.4) is 0 Å². The fraction of sp³-hybridized carbons (Fsp3) is 0.458. The van der Waals surface area contributed by atoms with Crippen LogP contribution in [0.15, 0.2) is 48.5 Å². The Kier molecular flexibility index (Phi) is 8.11. The van der Waals surface area contributed by atoms with Crippen LogP contribution in [0.1, 0.15) is 18.1 Å². The first-order valence-corrected chi connectivity index (χ1v) is 10.6. The van der Waals surface area contributed by atoms with Crippen molar-refractivity contribution in [3.05, 3.63) is 59.7 Å². The highest BCUT2D eigenvalue weighted by atomic mass is 16.5. The first-order valence-electron chi connectivity index (χ1n) is 10.6. The number of hydrogen-bond donors (Lipinski definition) is 1. The van der Waals surface area contributed by atoms with Gasteiger partial charge in [0, 0.05) is 39.3 Å². The maximum Gasteiger partial charge on any atom is 0.237 e. The average molecular weight is 412 g/mol. The molecular weight excluding hydrogens is 378 g/mol. The number of rotatable bonds is 9. The highest BCUT2D eigenvalue weighted by molar-refractivity contribution is 5.81. The van der Waals surface area contributed by atoms with Crippen molar-refractivity contribution in [2.75, 3.05) is 46.9 Å². The molecule has 1 amide bonds. The van der Waals surface area contributed by atoms with E-state index in [2.05, 4.69) is 39.4 Å². The minimum absolute atomic E-state index is 0.0898. The van der Waals surface area contributed by atoms with Crippen LogP contribution in [-0.2, 0) is 17.8 Å². The topological polar surface area (TPSA) is 54.0 Å². The Labute approximate surface area is 179 Å². The lowest BCUT2D eigenvalue weighted by atomic mass is 10.1. The van der Waals surface area contributed by atoms with Gasteiger partial charge in [0.25, 0.3) is 0 Å². The number of methoxy groups -OCH3 is 2. The summed E-state index contributed by atoms with van der Waals surface area (Å²) in [6.45, 7) is 7.37. The minimum Gasteiger partial charge on any atom is -0.493 e. The van der Waals surface area contributed by atoms with Gasteiger partial charge in [-0.15, -0.1) is 0 Å². The van der Waals surface area contributed by atoms with E-state index in [1.165, 1.54) is 5.56 Å². The van der Waals surface area contributed by atoms with Gasteiger partial charge in [-0.1, -0.05) is 36.4 Å². The van der Waals surface area contributed by atoms with E-state index in [4.69, 9.17) is 9.47 Å². The Morgan fingerprint density at radius 3 is 2.33 bits per heavy atom. The van der Waals surface area contributed by atoms with Crippen LogP contribution in [0.5, 0.6) is 11.5 Å². The van der Waals surface area contributed by atoms with Crippen LogP contribution >= 0.6 is 0 Å². The van der Waals surface area contributed by atoms with Gasteiger partial charge in [0.1, 0.15) is 0 Å². The second-order valence-electron chi connectivity index (χ2n) is 7.70. The van der Waals surface area contributed by atoms with Crippen molar-refractivity contribution < 1.29 is 14.3 Å². The Balaban J connectivity index is 1.41. The SMILES string of the molecule is COc1ccc(CCNC(=O)C(C)N2CCN(Cc3ccccc3)CC2)cc1OC. The predicted octanol–water partition coefficient (Wildman–Crippen LogP) is 2.57. The normalized spacial score (nSPS) is 16.1. The molecule has 1 N–H and O–H groups in total. The molecule has 30 heavy (non-hydrogen) atoms. The molecule has 1 unspecified atom stereocenters. The zero-order valence-corrected chi connectivity index (χ0v) is 18.3. The summed E-state index contributed by atoms with van der Waals surface area (Å²) >= 11 is 0. The summed E-state index contributed by atoms with van der Waals surface area (Å²) < 4.78 is 10.6. The molecule has 6 nitrogen and oxygen atoms in total. The lowest BCUT2D eigenvalue weighted by Crippen LogP contribution is -2.53. The number of nitrogens with one attached hydrogen (secondary N) is 1. The first-order chi connectivity index (χ1) is 14.6. The summed E-state index contributed by atoms with van der Waals surface area (Å²) in [7, 11) is 3.26. The molecule has 1 heterocycles. The van der Waals surface area contributed by atoms with Crippen LogP contribution in [0, 0.1) is 0 Å². The van der Waals surface area contributed by atoms with E-state index in [0.29, 0.717) is 18.0 Å². The molecule has 3 rings (SSSR count). The van der Waals surface area contributed by atoms with Crippen LogP contribution in [0.2, 0.25) is 0 Å². The number of amides is 1. The smallest absolute Gasteiger partial charge is 0.237 e. The summed E-state index contributed by atoms with van der Waals surface area (Å²) in [6, 6.07) is 16.3. The second kappa shape index (κ2) is 11.0. The third-order valence-corrected chi connectivity index (χ3v) is 5.74. The Bertz CT molecular complexity index is 805. The number of carbonyl (C=O) groups is 1. The standard InChI is InChI=1S/C24H33N3O3/c1-19(27-15-13-26(14-16-27)18-21-7-5-4-6-8-21)24(28)25-12-11-20-9-10-22(29-2)23(17-20)30-3/h4-10,17,19H,11-16,18H2,1-3H3,(H,25,28). The van der Waals surface area contributed by atoms with Crippen molar-refractivity contribution in [3.63, 3.8) is 0 Å². The molecule has 1 saturated heterocycles. The highest BCUT2D eigenvalue weighted by Gasteiger charge is 2.25. The fourth-order valence-corrected chi connectivity index (χ4v) is 3.83. The van der Waals surface area contributed by atoms with Crippen molar-refractivity contribution >= 4 is 5.91 Å². The monoisotopic (exact) mass is 411 g/mol. The van der Waals surface area contributed by atoms with E-state index in [9.17, 15) is 4.79 Å². The molecule has 1 aliphatic rings. The molecule has 0 spiro atoms. The maximum absolute atomic E-state index is 12.6. The van der Waals surface area contributed by atoms with Crippen molar-refractivity contribution in [1.82, 2.24) is 15.1 Å². The Morgan fingerprint density at radius 1 is 0.967 bits per heavy atom. The number of ether oxygens (including phenoxy) is 2. The van der Waals surface area contributed by atoms with Gasteiger partial charge >= 0.3 is 0 Å². The number of carbonyl (C=O) groups excluding carboxylic acids is 1. The van der Waals surface area contributed by atoms with Gasteiger partial charge in [-0.25, -0.2) is 0 Å². The minimum atomic E-state index is -0.116. The van der Waals surface area contributed by atoms with Crippen molar-refractivity contribution in [2.45, 2.75) is 25.9 Å². The van der Waals surface area contributed by atoms with Crippen molar-refractivity contribution in [2.24, 2.45) is 0 Å². The van der Waals surface area contributed by atoms with Crippen LogP contribution < -0.4 is 14.8 Å². The van der Waals surface area contributed by atoms with Gasteiger partial charge in [0.2, 0.25) is 5.91 Å². The van der Waals surface area contributed by atoms with Gasteiger partial charge in [-0.3, -0.25) is 14.6 Å². The molecule has 0 bridgehead atoms. The molecule has 6 heteroatoms. The van der Waals surface area contributed by atoms with E-state index >= 15 is 0 Å². The quantitative estimate of drug-likeness (QED) is 0.687. The molecule has 0 aliphatic carbocycles.